The average Bonchev–Trinajstić information content (AvgIpc) is 2.17. The predicted molar refractivity (Wildman–Crippen MR) is 53.8 cm³/mol. The molecule has 0 bridgehead atoms. The summed E-state index contributed by atoms with van der Waals surface area (Å²) in [7, 11) is 1.36. The van der Waals surface area contributed by atoms with Crippen molar-refractivity contribution < 1.29 is 13.9 Å². The summed E-state index contributed by atoms with van der Waals surface area (Å²) in [5.41, 5.74) is 0. The van der Waals surface area contributed by atoms with Crippen LogP contribution in [0.15, 0.2) is 29.2 Å². The maximum Gasteiger partial charge on any atom is 0.306 e. The Morgan fingerprint density at radius 2 is 2.36 bits per heavy atom. The molecule has 2 nitrogen and oxygen atoms in total. The number of hydrogen-bond acceptors (Lipinski definition) is 3. The van der Waals surface area contributed by atoms with Crippen molar-refractivity contribution in [2.75, 3.05) is 12.9 Å². The molecule has 0 saturated carbocycles. The van der Waals surface area contributed by atoms with Gasteiger partial charge < -0.3 is 4.74 Å². The third-order valence-electron chi connectivity index (χ3n) is 1.60. The monoisotopic (exact) mass is 214 g/mol. The molecule has 0 aromatic heterocycles. The van der Waals surface area contributed by atoms with Crippen LogP contribution in [-0.4, -0.2) is 18.8 Å². The highest BCUT2D eigenvalue weighted by molar-refractivity contribution is 7.99. The largest absolute Gasteiger partial charge is 0.469 e. The molecule has 0 saturated heterocycles. The second kappa shape index (κ2) is 5.65. The van der Waals surface area contributed by atoms with Gasteiger partial charge >= 0.3 is 5.97 Å². The Labute approximate surface area is 86.5 Å². The van der Waals surface area contributed by atoms with Crippen molar-refractivity contribution in [3.8, 4) is 0 Å². The number of thioether (sulfide) groups is 1. The first-order valence-corrected chi connectivity index (χ1v) is 5.16. The van der Waals surface area contributed by atoms with Crippen molar-refractivity contribution in [1.82, 2.24) is 0 Å². The highest BCUT2D eigenvalue weighted by Gasteiger charge is 2.01. The summed E-state index contributed by atoms with van der Waals surface area (Å²) in [6, 6.07) is 6.30. The Balaban J connectivity index is 2.35. The van der Waals surface area contributed by atoms with E-state index in [1.165, 1.54) is 31.0 Å². The lowest BCUT2D eigenvalue weighted by atomic mass is 10.4. The zero-order chi connectivity index (χ0) is 10.4. The molecule has 0 unspecified atom stereocenters. The Kier molecular flexibility index (Phi) is 4.46. The molecule has 0 radical (unpaired) electrons. The van der Waals surface area contributed by atoms with Gasteiger partial charge in [0.25, 0.3) is 0 Å². The summed E-state index contributed by atoms with van der Waals surface area (Å²) in [4.78, 5) is 11.6. The topological polar surface area (TPSA) is 26.3 Å². The summed E-state index contributed by atoms with van der Waals surface area (Å²) < 4.78 is 17.2. The normalized spacial score (nSPS) is 9.86. The first-order chi connectivity index (χ1) is 6.72. The van der Waals surface area contributed by atoms with Gasteiger partial charge in [-0.2, -0.15) is 0 Å². The standard InChI is InChI=1S/C10H11FO2S/c1-13-10(12)5-6-14-9-4-2-3-8(11)7-9/h2-4,7H,5-6H2,1H3. The van der Waals surface area contributed by atoms with Crippen LogP contribution in [0.2, 0.25) is 0 Å². The molecule has 0 atom stereocenters. The molecule has 0 N–H and O–H groups in total. The highest BCUT2D eigenvalue weighted by atomic mass is 32.2. The molecule has 4 heteroatoms. The summed E-state index contributed by atoms with van der Waals surface area (Å²) in [6.45, 7) is 0. The van der Waals surface area contributed by atoms with E-state index in [2.05, 4.69) is 4.74 Å². The Morgan fingerprint density at radius 1 is 1.57 bits per heavy atom. The van der Waals surface area contributed by atoms with E-state index in [0.717, 1.165) is 4.90 Å². The van der Waals surface area contributed by atoms with Crippen molar-refractivity contribution in [3.05, 3.63) is 30.1 Å². The van der Waals surface area contributed by atoms with E-state index in [9.17, 15) is 9.18 Å². The van der Waals surface area contributed by atoms with Crippen LogP contribution < -0.4 is 0 Å². The fourth-order valence-corrected chi connectivity index (χ4v) is 1.79. The van der Waals surface area contributed by atoms with Crippen molar-refractivity contribution in [3.63, 3.8) is 0 Å². The van der Waals surface area contributed by atoms with Gasteiger partial charge in [0.05, 0.1) is 13.5 Å². The van der Waals surface area contributed by atoms with Gasteiger partial charge in [0.1, 0.15) is 5.82 Å². The first-order valence-electron chi connectivity index (χ1n) is 4.17. The zero-order valence-electron chi connectivity index (χ0n) is 7.83. The number of rotatable bonds is 4. The van der Waals surface area contributed by atoms with Crippen LogP contribution in [0.5, 0.6) is 0 Å². The number of esters is 1. The smallest absolute Gasteiger partial charge is 0.306 e. The van der Waals surface area contributed by atoms with Gasteiger partial charge in [0.15, 0.2) is 0 Å². The number of carbonyl (C=O) groups excluding carboxylic acids is 1. The SMILES string of the molecule is COC(=O)CCSc1cccc(F)c1. The minimum absolute atomic E-state index is 0.242. The minimum atomic E-state index is -0.256. The van der Waals surface area contributed by atoms with E-state index >= 15 is 0 Å². The molecular weight excluding hydrogens is 203 g/mol. The number of benzene rings is 1. The van der Waals surface area contributed by atoms with Crippen LogP contribution in [0.1, 0.15) is 6.42 Å². The molecule has 1 aromatic rings. The van der Waals surface area contributed by atoms with E-state index in [0.29, 0.717) is 12.2 Å². The van der Waals surface area contributed by atoms with E-state index < -0.39 is 0 Å². The second-order valence-electron chi connectivity index (χ2n) is 2.63. The van der Waals surface area contributed by atoms with Crippen LogP contribution in [0.3, 0.4) is 0 Å². The lowest BCUT2D eigenvalue weighted by Gasteiger charge is -2.00. The van der Waals surface area contributed by atoms with E-state index in [1.54, 1.807) is 6.07 Å². The third-order valence-corrected chi connectivity index (χ3v) is 2.59. The summed E-state index contributed by atoms with van der Waals surface area (Å²) >= 11 is 1.44. The lowest BCUT2D eigenvalue weighted by Crippen LogP contribution is -2.00. The second-order valence-corrected chi connectivity index (χ2v) is 3.80. The van der Waals surface area contributed by atoms with Crippen LogP contribution in [0.25, 0.3) is 0 Å². The maximum atomic E-state index is 12.7. The number of ether oxygens (including phenoxy) is 1. The van der Waals surface area contributed by atoms with Gasteiger partial charge in [-0.1, -0.05) is 6.07 Å². The molecule has 0 spiro atoms. The van der Waals surface area contributed by atoms with E-state index in [4.69, 9.17) is 0 Å². The molecule has 1 aromatic carbocycles. The molecule has 0 amide bonds. The molecule has 1 rings (SSSR count). The molecule has 0 aliphatic heterocycles. The van der Waals surface area contributed by atoms with Crippen molar-refractivity contribution in [1.29, 1.82) is 0 Å². The quantitative estimate of drug-likeness (QED) is 0.569. The van der Waals surface area contributed by atoms with Crippen molar-refractivity contribution >= 4 is 17.7 Å². The number of carbonyl (C=O) groups is 1. The predicted octanol–water partition coefficient (Wildman–Crippen LogP) is 2.48. The van der Waals surface area contributed by atoms with Gasteiger partial charge in [0.2, 0.25) is 0 Å². The summed E-state index contributed by atoms with van der Waals surface area (Å²) in [5, 5.41) is 0. The molecule has 14 heavy (non-hydrogen) atoms. The van der Waals surface area contributed by atoms with Crippen molar-refractivity contribution in [2.24, 2.45) is 0 Å². The van der Waals surface area contributed by atoms with Crippen LogP contribution in [0, 0.1) is 5.82 Å². The fourth-order valence-electron chi connectivity index (χ4n) is 0.911. The Hall–Kier alpha value is -1.03. The minimum Gasteiger partial charge on any atom is -0.469 e. The van der Waals surface area contributed by atoms with Crippen LogP contribution >= 0.6 is 11.8 Å². The molecular formula is C10H11FO2S. The van der Waals surface area contributed by atoms with E-state index in [1.807, 2.05) is 6.07 Å². The van der Waals surface area contributed by atoms with Crippen LogP contribution in [0.4, 0.5) is 4.39 Å². The molecule has 76 valence electrons. The van der Waals surface area contributed by atoms with Gasteiger partial charge in [-0.3, -0.25) is 4.79 Å². The highest BCUT2D eigenvalue weighted by Crippen LogP contribution is 2.19. The van der Waals surface area contributed by atoms with Gasteiger partial charge in [0, 0.05) is 10.6 Å². The average molecular weight is 214 g/mol. The molecule has 0 aliphatic carbocycles. The first kappa shape index (κ1) is 11.0. The molecule has 0 aliphatic rings. The number of hydrogen-bond donors (Lipinski definition) is 0. The van der Waals surface area contributed by atoms with Gasteiger partial charge in [-0.05, 0) is 18.2 Å². The van der Waals surface area contributed by atoms with E-state index in [-0.39, 0.29) is 11.8 Å². The van der Waals surface area contributed by atoms with Gasteiger partial charge in [-0.15, -0.1) is 11.8 Å². The Morgan fingerprint density at radius 3 is 3.00 bits per heavy atom. The van der Waals surface area contributed by atoms with Crippen molar-refractivity contribution in [2.45, 2.75) is 11.3 Å². The maximum absolute atomic E-state index is 12.7. The lowest BCUT2D eigenvalue weighted by molar-refractivity contribution is -0.140. The van der Waals surface area contributed by atoms with Gasteiger partial charge in [-0.25, -0.2) is 4.39 Å². The Bertz CT molecular complexity index is 315. The van der Waals surface area contributed by atoms with Crippen LogP contribution in [-0.2, 0) is 9.53 Å². The summed E-state index contributed by atoms with van der Waals surface area (Å²) in [5.74, 6) is 0.109. The zero-order valence-corrected chi connectivity index (χ0v) is 8.64. The fraction of sp³-hybridized carbons (Fsp3) is 0.300. The number of methoxy groups -OCH3 is 1. The molecule has 0 fully saturated rings. The third kappa shape index (κ3) is 3.79. The summed E-state index contributed by atoms with van der Waals surface area (Å²) in [6.07, 6.45) is 0.345. The molecule has 0 heterocycles. The number of halogens is 1.